The van der Waals surface area contributed by atoms with E-state index in [1.807, 2.05) is 12.1 Å². The number of benzene rings is 2. The Morgan fingerprint density at radius 1 is 1.24 bits per heavy atom. The summed E-state index contributed by atoms with van der Waals surface area (Å²) in [5, 5.41) is 12.4. The summed E-state index contributed by atoms with van der Waals surface area (Å²) in [4.78, 5) is 12.5. The van der Waals surface area contributed by atoms with Gasteiger partial charge in [0.1, 0.15) is 5.82 Å². The first-order valence-electron chi connectivity index (χ1n) is 6.49. The van der Waals surface area contributed by atoms with E-state index in [-0.39, 0.29) is 5.91 Å². The van der Waals surface area contributed by atoms with Crippen molar-refractivity contribution in [1.29, 1.82) is 0 Å². The molecular weight excluding hydrogens is 289 g/mol. The molecule has 0 saturated heterocycles. The van der Waals surface area contributed by atoms with Crippen LogP contribution in [0.1, 0.15) is 25.5 Å². The maximum absolute atomic E-state index is 13.8. The molecule has 0 aliphatic heterocycles. The van der Waals surface area contributed by atoms with Crippen molar-refractivity contribution in [1.82, 2.24) is 0 Å². The van der Waals surface area contributed by atoms with Gasteiger partial charge in [-0.3, -0.25) is 4.79 Å². The first-order valence-corrected chi connectivity index (χ1v) is 7.31. The third kappa shape index (κ3) is 4.06. The van der Waals surface area contributed by atoms with Gasteiger partial charge in [-0.2, -0.15) is 0 Å². The maximum Gasteiger partial charge on any atom is 0.221 e. The van der Waals surface area contributed by atoms with Crippen LogP contribution in [0.15, 0.2) is 52.3 Å². The normalized spacial score (nSPS) is 12.0. The molecule has 2 aromatic carbocycles. The lowest BCUT2D eigenvalue weighted by molar-refractivity contribution is -0.114. The van der Waals surface area contributed by atoms with E-state index in [1.165, 1.54) is 24.8 Å². The number of amides is 1. The van der Waals surface area contributed by atoms with Crippen molar-refractivity contribution in [2.75, 3.05) is 5.32 Å². The highest BCUT2D eigenvalue weighted by atomic mass is 32.2. The van der Waals surface area contributed by atoms with Gasteiger partial charge < -0.3 is 10.4 Å². The van der Waals surface area contributed by atoms with Gasteiger partial charge >= 0.3 is 0 Å². The van der Waals surface area contributed by atoms with Gasteiger partial charge in [0.15, 0.2) is 0 Å². The van der Waals surface area contributed by atoms with Gasteiger partial charge in [0, 0.05) is 28.0 Å². The number of anilines is 1. The van der Waals surface area contributed by atoms with Crippen LogP contribution in [0.5, 0.6) is 0 Å². The van der Waals surface area contributed by atoms with Crippen LogP contribution in [0.25, 0.3) is 0 Å². The summed E-state index contributed by atoms with van der Waals surface area (Å²) in [5.74, 6) is -0.540. The number of hydrogen-bond acceptors (Lipinski definition) is 3. The fourth-order valence-corrected chi connectivity index (χ4v) is 3.00. The van der Waals surface area contributed by atoms with Crippen molar-refractivity contribution < 1.29 is 14.3 Å². The minimum atomic E-state index is -0.868. The number of aliphatic hydroxyl groups excluding tert-OH is 1. The fourth-order valence-electron chi connectivity index (χ4n) is 1.95. The lowest BCUT2D eigenvalue weighted by atomic mass is 10.1. The van der Waals surface area contributed by atoms with Gasteiger partial charge in [-0.05, 0) is 43.3 Å². The van der Waals surface area contributed by atoms with Crippen molar-refractivity contribution in [3.63, 3.8) is 0 Å². The summed E-state index contributed by atoms with van der Waals surface area (Å²) < 4.78 is 13.8. The van der Waals surface area contributed by atoms with Crippen LogP contribution in [0.3, 0.4) is 0 Å². The summed E-state index contributed by atoms with van der Waals surface area (Å²) in [5.41, 5.74) is 1.01. The molecule has 2 aromatic rings. The molecule has 110 valence electrons. The van der Waals surface area contributed by atoms with Crippen molar-refractivity contribution in [3.05, 3.63) is 53.8 Å². The van der Waals surface area contributed by atoms with Gasteiger partial charge in [0.2, 0.25) is 5.91 Å². The molecule has 1 atom stereocenters. The van der Waals surface area contributed by atoms with Crippen molar-refractivity contribution in [2.24, 2.45) is 0 Å². The van der Waals surface area contributed by atoms with Crippen molar-refractivity contribution in [3.8, 4) is 0 Å². The molecule has 0 fully saturated rings. The number of halogens is 1. The van der Waals surface area contributed by atoms with Crippen LogP contribution in [0, 0.1) is 5.82 Å². The average molecular weight is 305 g/mol. The summed E-state index contributed by atoms with van der Waals surface area (Å²) in [6.45, 7) is 2.99. The largest absolute Gasteiger partial charge is 0.389 e. The van der Waals surface area contributed by atoms with E-state index in [0.29, 0.717) is 16.1 Å². The molecule has 0 aliphatic rings. The van der Waals surface area contributed by atoms with Crippen LogP contribution < -0.4 is 5.32 Å². The van der Waals surface area contributed by atoms with Crippen LogP contribution in [0.2, 0.25) is 0 Å². The molecule has 0 aliphatic carbocycles. The lowest BCUT2D eigenvalue weighted by Gasteiger charge is -2.12. The quantitative estimate of drug-likeness (QED) is 0.898. The standard InChI is InChI=1S/C16H16FNO2S/c1-10(19)16-14(17)4-3-5-15(16)21-13-8-6-12(7-9-13)18-11(2)20/h3-10,19H,1-2H3,(H,18,20)/t10-/m1/s1. The Bertz CT molecular complexity index is 641. The van der Waals surface area contributed by atoms with Crippen LogP contribution in [0.4, 0.5) is 10.1 Å². The van der Waals surface area contributed by atoms with Gasteiger partial charge in [-0.15, -0.1) is 0 Å². The number of nitrogens with one attached hydrogen (secondary N) is 1. The third-order valence-corrected chi connectivity index (χ3v) is 3.92. The smallest absolute Gasteiger partial charge is 0.221 e. The maximum atomic E-state index is 13.8. The SMILES string of the molecule is CC(=O)Nc1ccc(Sc2cccc(F)c2[C@@H](C)O)cc1. The molecule has 1 amide bonds. The van der Waals surface area contributed by atoms with Crippen molar-refractivity contribution >= 4 is 23.4 Å². The van der Waals surface area contributed by atoms with Gasteiger partial charge in [-0.25, -0.2) is 4.39 Å². The van der Waals surface area contributed by atoms with Crippen molar-refractivity contribution in [2.45, 2.75) is 29.7 Å². The number of rotatable bonds is 4. The second-order valence-electron chi connectivity index (χ2n) is 4.64. The van der Waals surface area contributed by atoms with Gasteiger partial charge in [0.05, 0.1) is 6.10 Å². The predicted octanol–water partition coefficient (Wildman–Crippen LogP) is 3.99. The Labute approximate surface area is 127 Å². The van der Waals surface area contributed by atoms with E-state index in [9.17, 15) is 14.3 Å². The van der Waals surface area contributed by atoms with Crippen LogP contribution in [-0.4, -0.2) is 11.0 Å². The molecule has 0 bridgehead atoms. The second-order valence-corrected chi connectivity index (χ2v) is 5.75. The molecule has 0 saturated carbocycles. The molecule has 21 heavy (non-hydrogen) atoms. The zero-order valence-corrected chi connectivity index (χ0v) is 12.6. The van der Waals surface area contributed by atoms with E-state index in [2.05, 4.69) is 5.32 Å². The third-order valence-electron chi connectivity index (χ3n) is 2.83. The monoisotopic (exact) mass is 305 g/mol. The Balaban J connectivity index is 2.22. The number of aliphatic hydroxyl groups is 1. The summed E-state index contributed by atoms with van der Waals surface area (Å²) in [7, 11) is 0. The molecule has 0 aromatic heterocycles. The Hall–Kier alpha value is -1.85. The van der Waals surface area contributed by atoms with Gasteiger partial charge in [0.25, 0.3) is 0 Å². The number of carbonyl (C=O) groups is 1. The van der Waals surface area contributed by atoms with Crippen LogP contribution in [-0.2, 0) is 4.79 Å². The summed E-state index contributed by atoms with van der Waals surface area (Å²) >= 11 is 1.37. The first kappa shape index (κ1) is 15.5. The number of hydrogen-bond donors (Lipinski definition) is 2. The molecule has 2 N–H and O–H groups in total. The average Bonchev–Trinajstić information content (AvgIpc) is 2.40. The first-order chi connectivity index (χ1) is 9.97. The zero-order valence-electron chi connectivity index (χ0n) is 11.8. The molecule has 0 heterocycles. The molecule has 3 nitrogen and oxygen atoms in total. The molecular formula is C16H16FNO2S. The van der Waals surface area contributed by atoms with E-state index < -0.39 is 11.9 Å². The molecule has 0 spiro atoms. The fraction of sp³-hybridized carbons (Fsp3) is 0.188. The molecule has 5 heteroatoms. The summed E-state index contributed by atoms with van der Waals surface area (Å²) in [6, 6.07) is 12.0. The van der Waals surface area contributed by atoms with Gasteiger partial charge in [-0.1, -0.05) is 17.8 Å². The molecule has 0 unspecified atom stereocenters. The van der Waals surface area contributed by atoms with E-state index in [4.69, 9.17) is 0 Å². The Morgan fingerprint density at radius 2 is 1.90 bits per heavy atom. The topological polar surface area (TPSA) is 49.3 Å². The molecule has 2 rings (SSSR count). The second kappa shape index (κ2) is 6.74. The number of carbonyl (C=O) groups excluding carboxylic acids is 1. The summed E-state index contributed by atoms with van der Waals surface area (Å²) in [6.07, 6.45) is -0.868. The van der Waals surface area contributed by atoms with E-state index >= 15 is 0 Å². The highest BCUT2D eigenvalue weighted by Gasteiger charge is 2.14. The van der Waals surface area contributed by atoms with E-state index in [0.717, 1.165) is 4.90 Å². The van der Waals surface area contributed by atoms with Crippen LogP contribution >= 0.6 is 11.8 Å². The zero-order chi connectivity index (χ0) is 15.4. The minimum absolute atomic E-state index is 0.128. The predicted molar refractivity (Wildman–Crippen MR) is 81.9 cm³/mol. The lowest BCUT2D eigenvalue weighted by Crippen LogP contribution is -2.05. The highest BCUT2D eigenvalue weighted by Crippen LogP contribution is 2.35. The highest BCUT2D eigenvalue weighted by molar-refractivity contribution is 7.99. The Kier molecular flexibility index (Phi) is 4.98. The Morgan fingerprint density at radius 3 is 2.48 bits per heavy atom. The van der Waals surface area contributed by atoms with E-state index in [1.54, 1.807) is 31.2 Å². The minimum Gasteiger partial charge on any atom is -0.389 e. The molecule has 0 radical (unpaired) electrons.